The maximum atomic E-state index is 13.0. The normalized spacial score (nSPS) is 17.1. The SMILES string of the molecule is CCN(CC)C(=O)c1ccc(C(c2cccc3c2OC(C)(C)C3)N2CCN(Cc3cccnc3)CC2)cc1.Cl.Cl. The number of hydrogen-bond acceptors (Lipinski definition) is 5. The van der Waals surface area contributed by atoms with E-state index in [2.05, 4.69) is 65.0 Å². The number of para-hydroxylation sites is 1. The second kappa shape index (κ2) is 13.8. The summed E-state index contributed by atoms with van der Waals surface area (Å²) in [6, 6.07) is 19.1. The molecule has 5 rings (SSSR count). The van der Waals surface area contributed by atoms with E-state index in [1.165, 1.54) is 22.3 Å². The number of aromatic nitrogens is 1. The molecule has 1 aromatic heterocycles. The topological polar surface area (TPSA) is 48.9 Å². The van der Waals surface area contributed by atoms with Crippen molar-refractivity contribution in [2.45, 2.75) is 52.3 Å². The van der Waals surface area contributed by atoms with E-state index in [0.29, 0.717) is 13.1 Å². The first kappa shape index (κ1) is 31.9. The molecule has 1 saturated heterocycles. The Morgan fingerprint density at radius 2 is 1.68 bits per heavy atom. The predicted molar refractivity (Wildman–Crippen MR) is 166 cm³/mol. The number of fused-ring (bicyclic) bond motifs is 1. The van der Waals surface area contributed by atoms with Gasteiger partial charge in [0, 0.05) is 75.8 Å². The van der Waals surface area contributed by atoms with Crippen molar-refractivity contribution in [3.63, 3.8) is 0 Å². The van der Waals surface area contributed by atoms with Crippen molar-refractivity contribution in [1.82, 2.24) is 19.7 Å². The summed E-state index contributed by atoms with van der Waals surface area (Å²) in [6.07, 6.45) is 4.70. The molecule has 1 atom stereocenters. The lowest BCUT2D eigenvalue weighted by Crippen LogP contribution is -2.47. The average Bonchev–Trinajstić information content (AvgIpc) is 3.26. The van der Waals surface area contributed by atoms with Crippen LogP contribution in [0.5, 0.6) is 5.75 Å². The zero-order valence-electron chi connectivity index (χ0n) is 24.0. The standard InChI is InChI=1S/C32H40N4O2.2ClH/c1-5-35(6-2)31(37)26-14-12-25(13-15-26)29(28-11-7-10-27-21-32(3,4)38-30(27)28)36-19-17-34(18-20-36)23-24-9-8-16-33-22-24;;/h7-16,22,29H,5-6,17-21,23H2,1-4H3;2*1H. The van der Waals surface area contributed by atoms with Crippen molar-refractivity contribution >= 4 is 30.7 Å². The van der Waals surface area contributed by atoms with Gasteiger partial charge in [-0.15, -0.1) is 24.8 Å². The zero-order valence-corrected chi connectivity index (χ0v) is 25.6. The third kappa shape index (κ3) is 6.98. The number of nitrogens with zero attached hydrogens (tertiary/aromatic N) is 4. The van der Waals surface area contributed by atoms with Gasteiger partial charge in [0.2, 0.25) is 0 Å². The number of rotatable bonds is 8. The lowest BCUT2D eigenvalue weighted by Gasteiger charge is -2.40. The van der Waals surface area contributed by atoms with Crippen molar-refractivity contribution in [2.24, 2.45) is 0 Å². The third-order valence-corrected chi connectivity index (χ3v) is 7.84. The molecule has 0 bridgehead atoms. The molecule has 0 N–H and O–H groups in total. The van der Waals surface area contributed by atoms with Gasteiger partial charge >= 0.3 is 0 Å². The Balaban J connectivity index is 0.00000220. The Kier molecular flexibility index (Phi) is 11.0. The summed E-state index contributed by atoms with van der Waals surface area (Å²) < 4.78 is 6.54. The van der Waals surface area contributed by atoms with Gasteiger partial charge < -0.3 is 9.64 Å². The molecule has 216 valence electrons. The van der Waals surface area contributed by atoms with E-state index in [0.717, 1.165) is 50.5 Å². The van der Waals surface area contributed by atoms with Crippen LogP contribution in [0.2, 0.25) is 0 Å². The Morgan fingerprint density at radius 3 is 2.30 bits per heavy atom. The largest absolute Gasteiger partial charge is 0.487 e. The summed E-state index contributed by atoms with van der Waals surface area (Å²) in [4.78, 5) is 24.2. The van der Waals surface area contributed by atoms with Crippen molar-refractivity contribution in [3.8, 4) is 5.75 Å². The van der Waals surface area contributed by atoms with Crippen LogP contribution in [0.25, 0.3) is 0 Å². The van der Waals surface area contributed by atoms with E-state index in [-0.39, 0.29) is 42.4 Å². The van der Waals surface area contributed by atoms with E-state index < -0.39 is 0 Å². The molecule has 0 saturated carbocycles. The van der Waals surface area contributed by atoms with Crippen molar-refractivity contribution < 1.29 is 9.53 Å². The maximum absolute atomic E-state index is 13.0. The van der Waals surface area contributed by atoms with Gasteiger partial charge in [-0.2, -0.15) is 0 Å². The maximum Gasteiger partial charge on any atom is 0.253 e. The molecule has 0 radical (unpaired) electrons. The molecular weight excluding hydrogens is 543 g/mol. The van der Waals surface area contributed by atoms with E-state index in [9.17, 15) is 4.79 Å². The molecular formula is C32H42Cl2N4O2. The summed E-state index contributed by atoms with van der Waals surface area (Å²) in [6.45, 7) is 14.6. The molecule has 2 aliphatic rings. The van der Waals surface area contributed by atoms with Crippen LogP contribution in [0, 0.1) is 0 Å². The van der Waals surface area contributed by atoms with Crippen LogP contribution in [0.15, 0.2) is 67.0 Å². The number of hydrogen-bond donors (Lipinski definition) is 0. The number of carbonyl (C=O) groups excluding carboxylic acids is 1. The molecule has 2 aromatic carbocycles. The van der Waals surface area contributed by atoms with Gasteiger partial charge in [0.25, 0.3) is 5.91 Å². The van der Waals surface area contributed by atoms with E-state index in [1.54, 1.807) is 0 Å². The minimum atomic E-state index is -0.203. The fourth-order valence-electron chi connectivity index (χ4n) is 5.87. The second-order valence-corrected chi connectivity index (χ2v) is 11.0. The number of halogens is 2. The minimum Gasteiger partial charge on any atom is -0.487 e. The van der Waals surface area contributed by atoms with Gasteiger partial charge in [-0.1, -0.05) is 36.4 Å². The van der Waals surface area contributed by atoms with Gasteiger partial charge in [-0.3, -0.25) is 19.6 Å². The molecule has 2 aliphatic heterocycles. The molecule has 40 heavy (non-hydrogen) atoms. The summed E-state index contributed by atoms with van der Waals surface area (Å²) in [5.41, 5.74) is 5.49. The Morgan fingerprint density at radius 1 is 0.975 bits per heavy atom. The molecule has 0 spiro atoms. The lowest BCUT2D eigenvalue weighted by atomic mass is 9.92. The highest BCUT2D eigenvalue weighted by molar-refractivity contribution is 5.94. The number of ether oxygens (including phenoxy) is 1. The number of carbonyl (C=O) groups is 1. The number of piperazine rings is 1. The summed E-state index contributed by atoms with van der Waals surface area (Å²) in [5.74, 6) is 1.12. The van der Waals surface area contributed by atoms with Gasteiger partial charge in [0.05, 0.1) is 6.04 Å². The predicted octanol–water partition coefficient (Wildman–Crippen LogP) is 6.03. The average molecular weight is 586 g/mol. The Bertz CT molecular complexity index is 1240. The smallest absolute Gasteiger partial charge is 0.253 e. The quantitative estimate of drug-likeness (QED) is 0.323. The highest BCUT2D eigenvalue weighted by Crippen LogP contribution is 2.43. The monoisotopic (exact) mass is 584 g/mol. The number of pyridine rings is 1. The van der Waals surface area contributed by atoms with E-state index in [4.69, 9.17) is 4.74 Å². The van der Waals surface area contributed by atoms with Crippen molar-refractivity contribution in [2.75, 3.05) is 39.3 Å². The van der Waals surface area contributed by atoms with Gasteiger partial charge in [-0.05, 0) is 62.6 Å². The Labute approximate surface area is 251 Å². The molecule has 1 unspecified atom stereocenters. The Hall–Kier alpha value is -2.64. The van der Waals surface area contributed by atoms with Crippen LogP contribution in [0.3, 0.4) is 0 Å². The van der Waals surface area contributed by atoms with E-state index in [1.807, 2.05) is 49.3 Å². The van der Waals surface area contributed by atoms with E-state index >= 15 is 0 Å². The van der Waals surface area contributed by atoms with Gasteiger partial charge in [-0.25, -0.2) is 0 Å². The molecule has 3 heterocycles. The highest BCUT2D eigenvalue weighted by atomic mass is 35.5. The first-order chi connectivity index (χ1) is 18.4. The second-order valence-electron chi connectivity index (χ2n) is 11.0. The summed E-state index contributed by atoms with van der Waals surface area (Å²) in [7, 11) is 0. The molecule has 0 aliphatic carbocycles. The van der Waals surface area contributed by atoms with Gasteiger partial charge in [0.15, 0.2) is 0 Å². The third-order valence-electron chi connectivity index (χ3n) is 7.84. The number of amides is 1. The minimum absolute atomic E-state index is 0. The first-order valence-corrected chi connectivity index (χ1v) is 13.9. The van der Waals surface area contributed by atoms with Crippen LogP contribution < -0.4 is 4.74 Å². The van der Waals surface area contributed by atoms with Crippen molar-refractivity contribution in [3.05, 3.63) is 94.8 Å². The molecule has 1 fully saturated rings. The molecule has 3 aromatic rings. The van der Waals surface area contributed by atoms with Crippen LogP contribution in [-0.2, 0) is 13.0 Å². The molecule has 1 amide bonds. The fraction of sp³-hybridized carbons (Fsp3) is 0.438. The van der Waals surface area contributed by atoms with Crippen molar-refractivity contribution in [1.29, 1.82) is 0 Å². The zero-order chi connectivity index (χ0) is 26.7. The van der Waals surface area contributed by atoms with Crippen LogP contribution in [-0.4, -0.2) is 70.5 Å². The molecule has 6 nitrogen and oxygen atoms in total. The lowest BCUT2D eigenvalue weighted by molar-refractivity contribution is 0.0772. The van der Waals surface area contributed by atoms with Crippen LogP contribution in [0.1, 0.15) is 66.3 Å². The first-order valence-electron chi connectivity index (χ1n) is 13.9. The summed E-state index contributed by atoms with van der Waals surface area (Å²) >= 11 is 0. The van der Waals surface area contributed by atoms with Crippen LogP contribution in [0.4, 0.5) is 0 Å². The van der Waals surface area contributed by atoms with Crippen LogP contribution >= 0.6 is 24.8 Å². The summed E-state index contributed by atoms with van der Waals surface area (Å²) in [5, 5.41) is 0. The fourth-order valence-corrected chi connectivity index (χ4v) is 5.87. The molecule has 8 heteroatoms. The van der Waals surface area contributed by atoms with Gasteiger partial charge in [0.1, 0.15) is 11.4 Å². The number of benzene rings is 2. The highest BCUT2D eigenvalue weighted by Gasteiger charge is 2.36.